The molecular weight excluding hydrogens is 226 g/mol. The topological polar surface area (TPSA) is 72.0 Å². The lowest BCUT2D eigenvalue weighted by Gasteiger charge is -2.11. The van der Waals surface area contributed by atoms with E-state index < -0.39 is 0 Å². The molecule has 0 saturated heterocycles. The van der Waals surface area contributed by atoms with Gasteiger partial charge in [0.15, 0.2) is 0 Å². The van der Waals surface area contributed by atoms with Crippen molar-refractivity contribution in [3.05, 3.63) is 59.3 Å². The summed E-state index contributed by atoms with van der Waals surface area (Å²) in [6, 6.07) is 11.6. The third kappa shape index (κ3) is 2.66. The lowest BCUT2D eigenvalue weighted by molar-refractivity contribution is 0.293. The number of amidine groups is 1. The molecule has 2 aromatic rings. The van der Waals surface area contributed by atoms with Gasteiger partial charge in [0, 0.05) is 6.20 Å². The van der Waals surface area contributed by atoms with Crippen LogP contribution in [0.3, 0.4) is 0 Å². The van der Waals surface area contributed by atoms with Crippen LogP contribution in [0.2, 0.25) is 0 Å². The van der Waals surface area contributed by atoms with E-state index in [-0.39, 0.29) is 5.84 Å². The van der Waals surface area contributed by atoms with Gasteiger partial charge in [-0.2, -0.15) is 0 Å². The summed E-state index contributed by atoms with van der Waals surface area (Å²) in [5.74, 6) is 0.384. The van der Waals surface area contributed by atoms with Crippen LogP contribution in [0.25, 0.3) is 0 Å². The van der Waals surface area contributed by atoms with E-state index >= 15 is 0 Å². The van der Waals surface area contributed by atoms with Crippen molar-refractivity contribution in [1.29, 1.82) is 5.41 Å². The van der Waals surface area contributed by atoms with Gasteiger partial charge < -0.3 is 10.5 Å². The molecule has 0 amide bonds. The number of nitrogens with one attached hydrogen (secondary N) is 1. The van der Waals surface area contributed by atoms with E-state index in [1.807, 2.05) is 43.3 Å². The fourth-order valence-corrected chi connectivity index (χ4v) is 1.70. The SMILES string of the molecule is Cc1ccnc(OCc2ccccc2)c1C(=N)N. The Morgan fingerprint density at radius 3 is 2.67 bits per heavy atom. The summed E-state index contributed by atoms with van der Waals surface area (Å²) in [7, 11) is 0. The monoisotopic (exact) mass is 241 g/mol. The molecule has 92 valence electrons. The van der Waals surface area contributed by atoms with Crippen molar-refractivity contribution < 1.29 is 4.74 Å². The summed E-state index contributed by atoms with van der Waals surface area (Å²) < 4.78 is 5.63. The van der Waals surface area contributed by atoms with E-state index in [9.17, 15) is 0 Å². The van der Waals surface area contributed by atoms with E-state index in [1.54, 1.807) is 6.20 Å². The maximum atomic E-state index is 7.56. The Kier molecular flexibility index (Phi) is 3.57. The zero-order chi connectivity index (χ0) is 13.0. The normalized spacial score (nSPS) is 10.1. The molecule has 4 heteroatoms. The first-order valence-corrected chi connectivity index (χ1v) is 5.65. The Morgan fingerprint density at radius 2 is 2.00 bits per heavy atom. The van der Waals surface area contributed by atoms with Crippen LogP contribution in [-0.4, -0.2) is 10.8 Å². The lowest BCUT2D eigenvalue weighted by Crippen LogP contribution is -2.15. The molecule has 0 aliphatic heterocycles. The van der Waals surface area contributed by atoms with Crippen LogP contribution in [0.5, 0.6) is 5.88 Å². The molecule has 18 heavy (non-hydrogen) atoms. The molecule has 0 radical (unpaired) electrons. The minimum atomic E-state index is -0.0244. The predicted octanol–water partition coefficient (Wildman–Crippen LogP) is 2.25. The van der Waals surface area contributed by atoms with Crippen molar-refractivity contribution in [2.45, 2.75) is 13.5 Å². The number of nitrogens with zero attached hydrogens (tertiary/aromatic N) is 1. The zero-order valence-corrected chi connectivity index (χ0v) is 10.2. The van der Waals surface area contributed by atoms with Crippen LogP contribution in [0.15, 0.2) is 42.6 Å². The van der Waals surface area contributed by atoms with E-state index in [0.29, 0.717) is 18.1 Å². The second kappa shape index (κ2) is 5.31. The molecule has 0 aliphatic carbocycles. The molecule has 0 bridgehead atoms. The first-order chi connectivity index (χ1) is 8.68. The van der Waals surface area contributed by atoms with Gasteiger partial charge in [-0.05, 0) is 24.1 Å². The summed E-state index contributed by atoms with van der Waals surface area (Å²) in [5, 5.41) is 7.56. The van der Waals surface area contributed by atoms with Crippen LogP contribution in [0.1, 0.15) is 16.7 Å². The van der Waals surface area contributed by atoms with E-state index in [1.165, 1.54) is 0 Å². The maximum absolute atomic E-state index is 7.56. The number of pyridine rings is 1. The number of ether oxygens (including phenoxy) is 1. The molecule has 4 nitrogen and oxygen atoms in total. The number of nitrogen functional groups attached to an aromatic ring is 1. The number of rotatable bonds is 4. The van der Waals surface area contributed by atoms with E-state index in [4.69, 9.17) is 15.9 Å². The molecule has 0 saturated carbocycles. The molecule has 0 aliphatic rings. The van der Waals surface area contributed by atoms with Crippen LogP contribution in [-0.2, 0) is 6.61 Å². The smallest absolute Gasteiger partial charge is 0.225 e. The van der Waals surface area contributed by atoms with Gasteiger partial charge in [-0.3, -0.25) is 5.41 Å². The molecule has 0 fully saturated rings. The van der Waals surface area contributed by atoms with Crippen molar-refractivity contribution >= 4 is 5.84 Å². The Hall–Kier alpha value is -2.36. The van der Waals surface area contributed by atoms with Gasteiger partial charge >= 0.3 is 0 Å². The molecule has 3 N–H and O–H groups in total. The van der Waals surface area contributed by atoms with E-state index in [2.05, 4.69) is 4.98 Å². The van der Waals surface area contributed by atoms with Crippen LogP contribution < -0.4 is 10.5 Å². The maximum Gasteiger partial charge on any atom is 0.225 e. The molecule has 0 atom stereocenters. The molecule has 0 spiro atoms. The highest BCUT2D eigenvalue weighted by Crippen LogP contribution is 2.19. The molecule has 1 heterocycles. The summed E-state index contributed by atoms with van der Waals surface area (Å²) in [6.45, 7) is 2.30. The van der Waals surface area contributed by atoms with E-state index in [0.717, 1.165) is 11.1 Å². The summed E-state index contributed by atoms with van der Waals surface area (Å²) >= 11 is 0. The third-order valence-electron chi connectivity index (χ3n) is 2.61. The van der Waals surface area contributed by atoms with Gasteiger partial charge in [0.05, 0.1) is 5.56 Å². The molecule has 1 aromatic heterocycles. The Morgan fingerprint density at radius 1 is 1.28 bits per heavy atom. The number of aryl methyl sites for hydroxylation is 1. The highest BCUT2D eigenvalue weighted by atomic mass is 16.5. The van der Waals surface area contributed by atoms with Crippen molar-refractivity contribution in [2.75, 3.05) is 0 Å². The van der Waals surface area contributed by atoms with Gasteiger partial charge in [0.25, 0.3) is 0 Å². The standard InChI is InChI=1S/C14H15N3O/c1-10-7-8-17-14(12(10)13(15)16)18-9-11-5-3-2-4-6-11/h2-8H,9H2,1H3,(H3,15,16). The summed E-state index contributed by atoms with van der Waals surface area (Å²) in [4.78, 5) is 4.13. The zero-order valence-electron chi connectivity index (χ0n) is 10.2. The average Bonchev–Trinajstić information content (AvgIpc) is 2.37. The molecule has 2 rings (SSSR count). The van der Waals surface area contributed by atoms with Gasteiger partial charge in [-0.25, -0.2) is 4.98 Å². The quantitative estimate of drug-likeness (QED) is 0.637. The minimum absolute atomic E-state index is 0.0244. The molecule has 0 unspecified atom stereocenters. The predicted molar refractivity (Wildman–Crippen MR) is 70.8 cm³/mol. The molecule has 1 aromatic carbocycles. The Bertz CT molecular complexity index is 552. The fourth-order valence-electron chi connectivity index (χ4n) is 1.70. The Balaban J connectivity index is 2.20. The van der Waals surface area contributed by atoms with Gasteiger partial charge in [0.1, 0.15) is 12.4 Å². The first-order valence-electron chi connectivity index (χ1n) is 5.65. The van der Waals surface area contributed by atoms with Crippen molar-refractivity contribution in [3.8, 4) is 5.88 Å². The number of hydrogen-bond donors (Lipinski definition) is 2. The second-order valence-electron chi connectivity index (χ2n) is 4.00. The summed E-state index contributed by atoms with van der Waals surface area (Å²) in [5.41, 5.74) is 8.05. The Labute approximate surface area is 106 Å². The number of aromatic nitrogens is 1. The number of hydrogen-bond acceptors (Lipinski definition) is 3. The lowest BCUT2D eigenvalue weighted by atomic mass is 10.1. The van der Waals surface area contributed by atoms with Crippen molar-refractivity contribution in [1.82, 2.24) is 4.98 Å². The third-order valence-corrected chi connectivity index (χ3v) is 2.61. The van der Waals surface area contributed by atoms with Crippen molar-refractivity contribution in [2.24, 2.45) is 5.73 Å². The van der Waals surface area contributed by atoms with Crippen molar-refractivity contribution in [3.63, 3.8) is 0 Å². The largest absolute Gasteiger partial charge is 0.472 e. The fraction of sp³-hybridized carbons (Fsp3) is 0.143. The number of benzene rings is 1. The first kappa shape index (κ1) is 12.1. The van der Waals surface area contributed by atoms with Crippen LogP contribution in [0, 0.1) is 12.3 Å². The highest BCUT2D eigenvalue weighted by Gasteiger charge is 2.11. The van der Waals surface area contributed by atoms with Gasteiger partial charge in [0.2, 0.25) is 5.88 Å². The van der Waals surface area contributed by atoms with Gasteiger partial charge in [-0.1, -0.05) is 30.3 Å². The van der Waals surface area contributed by atoms with Crippen LogP contribution >= 0.6 is 0 Å². The number of nitrogens with two attached hydrogens (primary N) is 1. The average molecular weight is 241 g/mol. The van der Waals surface area contributed by atoms with Gasteiger partial charge in [-0.15, -0.1) is 0 Å². The van der Waals surface area contributed by atoms with Crippen LogP contribution in [0.4, 0.5) is 0 Å². The highest BCUT2D eigenvalue weighted by molar-refractivity contribution is 5.98. The second-order valence-corrected chi connectivity index (χ2v) is 4.00. The minimum Gasteiger partial charge on any atom is -0.472 e. The summed E-state index contributed by atoms with van der Waals surface area (Å²) in [6.07, 6.45) is 1.65. The molecular formula is C14H15N3O.